The average Bonchev–Trinajstić information content (AvgIpc) is 2.66. The highest BCUT2D eigenvalue weighted by Crippen LogP contribution is 2.21. The third-order valence-electron chi connectivity index (χ3n) is 2.49. The number of hydrogen-bond donors (Lipinski definition) is 0. The molecule has 0 aromatic carbocycles. The Kier molecular flexibility index (Phi) is 2.77. The van der Waals surface area contributed by atoms with Gasteiger partial charge in [0.1, 0.15) is 0 Å². The molecule has 0 bridgehead atoms. The van der Waals surface area contributed by atoms with Gasteiger partial charge in [0.05, 0.1) is 12.7 Å². The number of Topliss-reactive ketones (excluding diaryl/α,β-unsaturated/α-hetero) is 1. The summed E-state index contributed by atoms with van der Waals surface area (Å²) in [5.74, 6) is 1.14. The zero-order chi connectivity index (χ0) is 10.8. The van der Waals surface area contributed by atoms with E-state index in [0.717, 1.165) is 19.0 Å². The number of rotatable bonds is 2. The van der Waals surface area contributed by atoms with Gasteiger partial charge in [0.25, 0.3) is 0 Å². The van der Waals surface area contributed by atoms with E-state index in [1.54, 1.807) is 6.07 Å². The summed E-state index contributed by atoms with van der Waals surface area (Å²) < 4.78 is 10.9. The van der Waals surface area contributed by atoms with Gasteiger partial charge in [0.2, 0.25) is 0 Å². The van der Waals surface area contributed by atoms with Crippen LogP contribution in [0.2, 0.25) is 0 Å². The van der Waals surface area contributed by atoms with Crippen LogP contribution in [-0.2, 0) is 4.74 Å². The zero-order valence-corrected chi connectivity index (χ0v) is 9.03. The van der Waals surface area contributed by atoms with E-state index in [1.807, 2.05) is 13.0 Å². The molecule has 1 atom stereocenters. The second-order valence-corrected chi connectivity index (χ2v) is 3.82. The van der Waals surface area contributed by atoms with Crippen molar-refractivity contribution < 1.29 is 13.9 Å². The lowest BCUT2D eigenvalue weighted by Gasteiger charge is -2.30. The maximum atomic E-state index is 11.1. The summed E-state index contributed by atoms with van der Waals surface area (Å²) >= 11 is 0. The first-order valence-corrected chi connectivity index (χ1v) is 5.14. The minimum atomic E-state index is -0.0393. The highest BCUT2D eigenvalue weighted by molar-refractivity contribution is 5.91. The number of nitrogens with zero attached hydrogens (tertiary/aromatic N) is 1. The van der Waals surface area contributed by atoms with Crippen molar-refractivity contribution in [2.24, 2.45) is 0 Å². The first-order chi connectivity index (χ1) is 7.16. The van der Waals surface area contributed by atoms with Gasteiger partial charge in [-0.15, -0.1) is 0 Å². The topological polar surface area (TPSA) is 42.7 Å². The maximum absolute atomic E-state index is 11.1. The molecule has 4 nitrogen and oxygen atoms in total. The molecule has 1 aliphatic heterocycles. The van der Waals surface area contributed by atoms with E-state index in [9.17, 15) is 4.79 Å². The summed E-state index contributed by atoms with van der Waals surface area (Å²) in [6, 6.07) is 3.56. The van der Waals surface area contributed by atoms with Crippen LogP contribution in [-0.4, -0.2) is 31.6 Å². The van der Waals surface area contributed by atoms with E-state index in [4.69, 9.17) is 9.15 Å². The summed E-state index contributed by atoms with van der Waals surface area (Å²) in [6.45, 7) is 5.86. The molecule has 2 rings (SSSR count). The van der Waals surface area contributed by atoms with Crippen molar-refractivity contribution in [3.05, 3.63) is 17.9 Å². The van der Waals surface area contributed by atoms with Gasteiger partial charge in [0, 0.05) is 26.1 Å². The summed E-state index contributed by atoms with van der Waals surface area (Å²) in [5.41, 5.74) is 0. The fraction of sp³-hybridized carbons (Fsp3) is 0.545. The fourth-order valence-electron chi connectivity index (χ4n) is 1.71. The highest BCUT2D eigenvalue weighted by atomic mass is 16.5. The molecule has 1 aromatic rings. The smallest absolute Gasteiger partial charge is 0.196 e. The number of carbonyl (C=O) groups excluding carboxylic acids is 1. The Morgan fingerprint density at radius 2 is 2.33 bits per heavy atom. The van der Waals surface area contributed by atoms with E-state index in [1.165, 1.54) is 6.92 Å². The third kappa shape index (κ3) is 2.21. The van der Waals surface area contributed by atoms with E-state index in [0.29, 0.717) is 12.4 Å². The molecule has 1 aliphatic rings. The summed E-state index contributed by atoms with van der Waals surface area (Å²) in [6.07, 6.45) is 0.213. The third-order valence-corrected chi connectivity index (χ3v) is 2.49. The monoisotopic (exact) mass is 209 g/mol. The van der Waals surface area contributed by atoms with Crippen LogP contribution in [0, 0.1) is 0 Å². The largest absolute Gasteiger partial charge is 0.437 e. The summed E-state index contributed by atoms with van der Waals surface area (Å²) in [4.78, 5) is 13.2. The van der Waals surface area contributed by atoms with E-state index in [-0.39, 0.29) is 11.9 Å². The molecule has 0 saturated carbocycles. The van der Waals surface area contributed by atoms with Crippen LogP contribution >= 0.6 is 0 Å². The Bertz CT molecular complexity index is 358. The molecule has 0 aliphatic carbocycles. The van der Waals surface area contributed by atoms with Gasteiger partial charge in [-0.1, -0.05) is 0 Å². The molecule has 82 valence electrons. The lowest BCUT2D eigenvalue weighted by atomic mass is 10.3. The molecule has 0 amide bonds. The van der Waals surface area contributed by atoms with Crippen molar-refractivity contribution in [3.63, 3.8) is 0 Å². The van der Waals surface area contributed by atoms with E-state index < -0.39 is 0 Å². The van der Waals surface area contributed by atoms with Gasteiger partial charge < -0.3 is 14.1 Å². The quantitative estimate of drug-likeness (QED) is 0.695. The first kappa shape index (κ1) is 10.2. The van der Waals surface area contributed by atoms with Crippen molar-refractivity contribution in [2.45, 2.75) is 20.0 Å². The Morgan fingerprint density at radius 1 is 1.53 bits per heavy atom. The molecule has 1 saturated heterocycles. The van der Waals surface area contributed by atoms with Crippen LogP contribution in [0.25, 0.3) is 0 Å². The molecule has 1 fully saturated rings. The van der Waals surface area contributed by atoms with Crippen molar-refractivity contribution in [1.29, 1.82) is 0 Å². The Balaban J connectivity index is 2.11. The van der Waals surface area contributed by atoms with Crippen LogP contribution in [0.5, 0.6) is 0 Å². The number of hydrogen-bond acceptors (Lipinski definition) is 4. The molecule has 0 N–H and O–H groups in total. The van der Waals surface area contributed by atoms with E-state index in [2.05, 4.69) is 4.90 Å². The van der Waals surface area contributed by atoms with Crippen LogP contribution in [0.1, 0.15) is 24.4 Å². The van der Waals surface area contributed by atoms with Crippen LogP contribution in [0.15, 0.2) is 16.5 Å². The predicted octanol–water partition coefficient (Wildman–Crippen LogP) is 1.71. The minimum absolute atomic E-state index is 0.0393. The molecule has 4 heteroatoms. The molecule has 15 heavy (non-hydrogen) atoms. The molecule has 1 unspecified atom stereocenters. The summed E-state index contributed by atoms with van der Waals surface area (Å²) in [7, 11) is 0. The normalized spacial score (nSPS) is 21.7. The summed E-state index contributed by atoms with van der Waals surface area (Å²) in [5, 5.41) is 0. The SMILES string of the molecule is CC(=O)c1ccc(N2CCOC(C)C2)o1. The van der Waals surface area contributed by atoms with Crippen molar-refractivity contribution in [1.82, 2.24) is 0 Å². The van der Waals surface area contributed by atoms with Gasteiger partial charge in [-0.25, -0.2) is 0 Å². The number of carbonyl (C=O) groups is 1. The van der Waals surface area contributed by atoms with E-state index >= 15 is 0 Å². The highest BCUT2D eigenvalue weighted by Gasteiger charge is 2.19. The lowest BCUT2D eigenvalue weighted by molar-refractivity contribution is 0.0516. The van der Waals surface area contributed by atoms with Crippen molar-refractivity contribution in [3.8, 4) is 0 Å². The molecule has 0 spiro atoms. The van der Waals surface area contributed by atoms with Gasteiger partial charge in [-0.3, -0.25) is 4.79 Å². The second kappa shape index (κ2) is 4.06. The molecule has 1 aromatic heterocycles. The van der Waals surface area contributed by atoms with Crippen LogP contribution in [0.3, 0.4) is 0 Å². The van der Waals surface area contributed by atoms with Crippen LogP contribution in [0.4, 0.5) is 5.88 Å². The van der Waals surface area contributed by atoms with Gasteiger partial charge in [0.15, 0.2) is 17.4 Å². The Morgan fingerprint density at radius 3 is 2.93 bits per heavy atom. The standard InChI is InChI=1S/C11H15NO3/c1-8-7-12(5-6-14-8)11-4-3-10(15-11)9(2)13/h3-4,8H,5-7H2,1-2H3. The number of ketones is 1. The van der Waals surface area contributed by atoms with Gasteiger partial charge in [-0.2, -0.15) is 0 Å². The molecular formula is C11H15NO3. The van der Waals surface area contributed by atoms with Gasteiger partial charge in [-0.05, 0) is 13.0 Å². The maximum Gasteiger partial charge on any atom is 0.196 e. The van der Waals surface area contributed by atoms with Crippen molar-refractivity contribution in [2.75, 3.05) is 24.6 Å². The number of furan rings is 1. The van der Waals surface area contributed by atoms with Crippen molar-refractivity contribution >= 4 is 11.7 Å². The molecular weight excluding hydrogens is 194 g/mol. The van der Waals surface area contributed by atoms with Gasteiger partial charge >= 0.3 is 0 Å². The first-order valence-electron chi connectivity index (χ1n) is 5.14. The molecule has 0 radical (unpaired) electrons. The fourth-order valence-corrected chi connectivity index (χ4v) is 1.71. The predicted molar refractivity (Wildman–Crippen MR) is 56.3 cm³/mol. The number of anilines is 1. The average molecular weight is 209 g/mol. The number of morpholine rings is 1. The van der Waals surface area contributed by atoms with Crippen LogP contribution < -0.4 is 4.90 Å². The second-order valence-electron chi connectivity index (χ2n) is 3.82. The zero-order valence-electron chi connectivity index (χ0n) is 9.03. The Hall–Kier alpha value is -1.29. The minimum Gasteiger partial charge on any atom is -0.437 e. The Labute approximate surface area is 88.8 Å². The number of ether oxygens (including phenoxy) is 1. The molecule has 2 heterocycles. The lowest BCUT2D eigenvalue weighted by Crippen LogP contribution is -2.40.